The first kappa shape index (κ1) is 25.8. The van der Waals surface area contributed by atoms with E-state index < -0.39 is 11.9 Å². The SMILES string of the molecule is C=CC(=O)OC=COc1ccc(-c2ccc(-c3ccc(OC=COC(=O)C(=C)C)cc3)cc2)c(C)c1. The summed E-state index contributed by atoms with van der Waals surface area (Å²) in [6.07, 6.45) is 6.03. The van der Waals surface area contributed by atoms with Crippen LogP contribution in [0.1, 0.15) is 12.5 Å². The van der Waals surface area contributed by atoms with Crippen molar-refractivity contribution in [3.05, 3.63) is 122 Å². The Morgan fingerprint density at radius 2 is 1.25 bits per heavy atom. The molecular weight excluding hydrogens is 456 g/mol. The zero-order valence-electron chi connectivity index (χ0n) is 20.1. The minimum absolute atomic E-state index is 0.314. The van der Waals surface area contributed by atoms with E-state index in [9.17, 15) is 9.59 Å². The van der Waals surface area contributed by atoms with Gasteiger partial charge in [0, 0.05) is 11.6 Å². The molecule has 36 heavy (non-hydrogen) atoms. The third kappa shape index (κ3) is 7.33. The number of esters is 2. The van der Waals surface area contributed by atoms with E-state index in [1.165, 1.54) is 25.0 Å². The summed E-state index contributed by atoms with van der Waals surface area (Å²) in [5.74, 6) is 0.189. The smallest absolute Gasteiger partial charge is 0.338 e. The molecule has 3 rings (SSSR count). The van der Waals surface area contributed by atoms with Gasteiger partial charge in [-0.25, -0.2) is 9.59 Å². The molecule has 3 aromatic carbocycles. The van der Waals surface area contributed by atoms with Crippen molar-refractivity contribution < 1.29 is 28.5 Å². The van der Waals surface area contributed by atoms with Gasteiger partial charge in [0.25, 0.3) is 0 Å². The maximum atomic E-state index is 11.3. The van der Waals surface area contributed by atoms with E-state index in [2.05, 4.69) is 37.4 Å². The lowest BCUT2D eigenvalue weighted by molar-refractivity contribution is -0.134. The first-order valence-corrected chi connectivity index (χ1v) is 11.0. The Kier molecular flexibility index (Phi) is 9.00. The number of carbonyl (C=O) groups excluding carboxylic acids is 2. The monoisotopic (exact) mass is 482 g/mol. The van der Waals surface area contributed by atoms with Crippen LogP contribution in [-0.4, -0.2) is 11.9 Å². The molecule has 3 aromatic rings. The van der Waals surface area contributed by atoms with Gasteiger partial charge >= 0.3 is 11.9 Å². The number of rotatable bonds is 10. The molecule has 0 N–H and O–H groups in total. The molecule has 0 spiro atoms. The highest BCUT2D eigenvalue weighted by molar-refractivity contribution is 5.87. The van der Waals surface area contributed by atoms with Crippen LogP contribution in [0.3, 0.4) is 0 Å². The number of carbonyl (C=O) groups is 2. The first-order chi connectivity index (χ1) is 17.4. The summed E-state index contributed by atoms with van der Waals surface area (Å²) in [4.78, 5) is 22.3. The third-order valence-corrected chi connectivity index (χ3v) is 4.98. The molecule has 6 heteroatoms. The number of aryl methyl sites for hydroxylation is 1. The minimum atomic E-state index is -0.551. The Balaban J connectivity index is 1.61. The first-order valence-electron chi connectivity index (χ1n) is 11.0. The lowest BCUT2D eigenvalue weighted by Gasteiger charge is -2.10. The fourth-order valence-electron chi connectivity index (χ4n) is 3.15. The number of ether oxygens (including phenoxy) is 4. The molecule has 0 aliphatic rings. The molecule has 0 heterocycles. The van der Waals surface area contributed by atoms with Crippen molar-refractivity contribution in [1.29, 1.82) is 0 Å². The molecule has 0 saturated carbocycles. The van der Waals surface area contributed by atoms with Crippen LogP contribution in [0.15, 0.2) is 117 Å². The van der Waals surface area contributed by atoms with Gasteiger partial charge in [-0.05, 0) is 65.9 Å². The minimum Gasteiger partial charge on any atom is -0.462 e. The summed E-state index contributed by atoms with van der Waals surface area (Å²) < 4.78 is 20.5. The second-order valence-corrected chi connectivity index (χ2v) is 7.69. The maximum Gasteiger partial charge on any atom is 0.338 e. The van der Waals surface area contributed by atoms with E-state index in [4.69, 9.17) is 18.9 Å². The van der Waals surface area contributed by atoms with Crippen molar-refractivity contribution in [3.63, 3.8) is 0 Å². The normalized spacial score (nSPS) is 10.7. The average Bonchev–Trinajstić information content (AvgIpc) is 2.89. The van der Waals surface area contributed by atoms with E-state index in [0.717, 1.165) is 33.9 Å². The van der Waals surface area contributed by atoms with E-state index in [1.807, 2.05) is 49.4 Å². The van der Waals surface area contributed by atoms with Gasteiger partial charge in [0.1, 0.15) is 36.5 Å². The molecule has 0 aliphatic carbocycles. The molecule has 0 unspecified atom stereocenters. The zero-order chi connectivity index (χ0) is 25.9. The number of benzene rings is 3. The molecule has 0 bridgehead atoms. The van der Waals surface area contributed by atoms with Gasteiger partial charge in [-0.1, -0.05) is 55.6 Å². The van der Waals surface area contributed by atoms with E-state index >= 15 is 0 Å². The molecule has 0 fully saturated rings. The van der Waals surface area contributed by atoms with Gasteiger partial charge in [-0.15, -0.1) is 0 Å². The van der Waals surface area contributed by atoms with Crippen molar-refractivity contribution in [2.45, 2.75) is 13.8 Å². The molecule has 0 radical (unpaired) electrons. The Morgan fingerprint density at radius 3 is 1.83 bits per heavy atom. The maximum absolute atomic E-state index is 11.3. The van der Waals surface area contributed by atoms with E-state index in [-0.39, 0.29) is 0 Å². The Hall–Kier alpha value is -4.84. The highest BCUT2D eigenvalue weighted by Gasteiger charge is 2.06. The van der Waals surface area contributed by atoms with Crippen LogP contribution in [0.5, 0.6) is 11.5 Å². The van der Waals surface area contributed by atoms with Crippen LogP contribution < -0.4 is 9.47 Å². The molecule has 0 amide bonds. The second kappa shape index (κ2) is 12.6. The quantitative estimate of drug-likeness (QED) is 0.178. The van der Waals surface area contributed by atoms with Crippen LogP contribution in [0.25, 0.3) is 22.3 Å². The fraction of sp³-hybridized carbons (Fsp3) is 0.0667. The zero-order valence-corrected chi connectivity index (χ0v) is 20.1. The predicted octanol–water partition coefficient (Wildman–Crippen LogP) is 6.88. The lowest BCUT2D eigenvalue weighted by Crippen LogP contribution is -1.99. The van der Waals surface area contributed by atoms with Gasteiger partial charge in [-0.3, -0.25) is 0 Å². The second-order valence-electron chi connectivity index (χ2n) is 7.69. The van der Waals surface area contributed by atoms with Gasteiger partial charge in [-0.2, -0.15) is 0 Å². The summed E-state index contributed by atoms with van der Waals surface area (Å²) in [5, 5.41) is 0. The number of hydrogen-bond donors (Lipinski definition) is 0. The summed E-state index contributed by atoms with van der Waals surface area (Å²) in [5.41, 5.74) is 5.62. The molecule has 0 saturated heterocycles. The summed E-state index contributed by atoms with van der Waals surface area (Å²) >= 11 is 0. The van der Waals surface area contributed by atoms with Gasteiger partial charge in [0.15, 0.2) is 0 Å². The van der Waals surface area contributed by atoms with Gasteiger partial charge in [0.05, 0.1) is 0 Å². The summed E-state index contributed by atoms with van der Waals surface area (Å²) in [7, 11) is 0. The van der Waals surface area contributed by atoms with Crippen LogP contribution in [0, 0.1) is 6.92 Å². The molecule has 0 atom stereocenters. The molecular formula is C30H26O6. The van der Waals surface area contributed by atoms with Crippen molar-refractivity contribution in [1.82, 2.24) is 0 Å². The molecule has 182 valence electrons. The van der Waals surface area contributed by atoms with Gasteiger partial charge in [0.2, 0.25) is 0 Å². The highest BCUT2D eigenvalue weighted by Crippen LogP contribution is 2.30. The van der Waals surface area contributed by atoms with Crippen LogP contribution in [0.2, 0.25) is 0 Å². The third-order valence-electron chi connectivity index (χ3n) is 4.98. The standard InChI is InChI=1S/C30H26O6/c1-5-29(31)35-18-16-34-27-14-15-28(22(4)20-27)25-8-6-23(7-9-25)24-10-12-26(13-11-24)33-17-19-36-30(32)21(2)3/h5-20H,1-2H2,3-4H3. The van der Waals surface area contributed by atoms with E-state index in [0.29, 0.717) is 17.1 Å². The molecule has 6 nitrogen and oxygen atoms in total. The lowest BCUT2D eigenvalue weighted by atomic mass is 9.97. The van der Waals surface area contributed by atoms with Crippen LogP contribution in [-0.2, 0) is 19.1 Å². The largest absolute Gasteiger partial charge is 0.462 e. The average molecular weight is 483 g/mol. The highest BCUT2D eigenvalue weighted by atomic mass is 16.5. The van der Waals surface area contributed by atoms with Gasteiger partial charge < -0.3 is 18.9 Å². The van der Waals surface area contributed by atoms with Crippen molar-refractivity contribution in [2.24, 2.45) is 0 Å². The Morgan fingerprint density at radius 1 is 0.722 bits per heavy atom. The Labute approximate surface area is 210 Å². The Bertz CT molecular complexity index is 1300. The predicted molar refractivity (Wildman–Crippen MR) is 139 cm³/mol. The topological polar surface area (TPSA) is 71.1 Å². The van der Waals surface area contributed by atoms with Crippen LogP contribution >= 0.6 is 0 Å². The van der Waals surface area contributed by atoms with Crippen molar-refractivity contribution in [2.75, 3.05) is 0 Å². The van der Waals surface area contributed by atoms with E-state index in [1.54, 1.807) is 6.92 Å². The van der Waals surface area contributed by atoms with Crippen LogP contribution in [0.4, 0.5) is 0 Å². The molecule has 0 aromatic heterocycles. The summed E-state index contributed by atoms with van der Waals surface area (Å²) in [6.45, 7) is 10.4. The van der Waals surface area contributed by atoms with Crippen molar-refractivity contribution >= 4 is 11.9 Å². The summed E-state index contributed by atoms with van der Waals surface area (Å²) in [6, 6.07) is 21.6. The molecule has 0 aliphatic heterocycles. The van der Waals surface area contributed by atoms with Crippen molar-refractivity contribution in [3.8, 4) is 33.8 Å². The fourth-order valence-corrected chi connectivity index (χ4v) is 3.15. The number of hydrogen-bond acceptors (Lipinski definition) is 6.